The Labute approximate surface area is 109 Å². The predicted octanol–water partition coefficient (Wildman–Crippen LogP) is 0.734. The molecule has 8 heteroatoms. The molecule has 0 fully saturated rings. The highest BCUT2D eigenvalue weighted by molar-refractivity contribution is 5.45. The van der Waals surface area contributed by atoms with Gasteiger partial charge in [-0.15, -0.1) is 10.2 Å². The van der Waals surface area contributed by atoms with Gasteiger partial charge in [0.1, 0.15) is 18.5 Å². The molecule has 0 bridgehead atoms. The lowest BCUT2D eigenvalue weighted by molar-refractivity contribution is 0.710. The molecule has 0 saturated heterocycles. The van der Waals surface area contributed by atoms with Crippen molar-refractivity contribution in [1.82, 2.24) is 34.3 Å². The number of rotatable bonds is 3. The van der Waals surface area contributed by atoms with Crippen LogP contribution in [0.2, 0.25) is 0 Å². The van der Waals surface area contributed by atoms with Crippen LogP contribution in [0.15, 0.2) is 18.7 Å². The van der Waals surface area contributed by atoms with Crippen LogP contribution in [0.1, 0.15) is 24.5 Å². The minimum atomic E-state index is 0.00157. The van der Waals surface area contributed by atoms with Crippen LogP contribution in [0.4, 0.5) is 5.82 Å². The average molecular weight is 258 g/mol. The highest BCUT2D eigenvalue weighted by atomic mass is 15.4. The van der Waals surface area contributed by atoms with Crippen LogP contribution in [0.25, 0.3) is 5.78 Å². The Morgan fingerprint density at radius 3 is 2.95 bits per heavy atom. The zero-order chi connectivity index (χ0) is 13.4. The van der Waals surface area contributed by atoms with Gasteiger partial charge in [0.05, 0.1) is 6.04 Å². The highest BCUT2D eigenvalue weighted by Gasteiger charge is 2.13. The second-order valence-corrected chi connectivity index (χ2v) is 4.42. The van der Waals surface area contributed by atoms with Gasteiger partial charge in [0, 0.05) is 18.8 Å². The van der Waals surface area contributed by atoms with Crippen molar-refractivity contribution in [3.63, 3.8) is 0 Å². The third kappa shape index (κ3) is 2.01. The maximum atomic E-state index is 4.30. The molecule has 3 heterocycles. The molecule has 98 valence electrons. The number of anilines is 1. The van der Waals surface area contributed by atoms with E-state index in [1.165, 1.54) is 6.33 Å². The number of hydrogen-bond acceptors (Lipinski definition) is 6. The minimum Gasteiger partial charge on any atom is -0.360 e. The van der Waals surface area contributed by atoms with Gasteiger partial charge >= 0.3 is 0 Å². The third-order valence-corrected chi connectivity index (χ3v) is 2.88. The van der Waals surface area contributed by atoms with Crippen molar-refractivity contribution < 1.29 is 0 Å². The number of aryl methyl sites for hydroxylation is 2. The van der Waals surface area contributed by atoms with Crippen LogP contribution in [-0.2, 0) is 7.05 Å². The summed E-state index contributed by atoms with van der Waals surface area (Å²) in [4.78, 5) is 8.40. The van der Waals surface area contributed by atoms with E-state index in [-0.39, 0.29) is 6.04 Å². The van der Waals surface area contributed by atoms with Gasteiger partial charge in [0.25, 0.3) is 5.78 Å². The monoisotopic (exact) mass is 258 g/mol. The van der Waals surface area contributed by atoms with Crippen LogP contribution in [-0.4, -0.2) is 34.3 Å². The predicted molar refractivity (Wildman–Crippen MR) is 68.6 cm³/mol. The summed E-state index contributed by atoms with van der Waals surface area (Å²) in [5.74, 6) is 2.26. The first-order chi connectivity index (χ1) is 9.15. The van der Waals surface area contributed by atoms with Crippen LogP contribution >= 0.6 is 0 Å². The van der Waals surface area contributed by atoms with E-state index in [4.69, 9.17) is 0 Å². The second kappa shape index (κ2) is 4.30. The number of fused-ring (bicyclic) bond motifs is 1. The van der Waals surface area contributed by atoms with Crippen molar-refractivity contribution in [2.75, 3.05) is 5.32 Å². The van der Waals surface area contributed by atoms with E-state index in [0.29, 0.717) is 5.78 Å². The molecule has 19 heavy (non-hydrogen) atoms. The van der Waals surface area contributed by atoms with Crippen molar-refractivity contribution in [3.05, 3.63) is 30.2 Å². The van der Waals surface area contributed by atoms with E-state index in [1.54, 1.807) is 10.8 Å². The van der Waals surface area contributed by atoms with E-state index in [0.717, 1.165) is 17.3 Å². The van der Waals surface area contributed by atoms with Gasteiger partial charge in [-0.2, -0.15) is 14.6 Å². The standard InChI is InChI=1S/C11H14N8/c1-7-4-9(19-11(15-7)12-5-14-19)16-8(2)10-17-13-6-18(10)3/h4-6,8,16H,1-3H3. The Hall–Kier alpha value is -2.51. The fourth-order valence-corrected chi connectivity index (χ4v) is 2.00. The molecule has 3 rings (SSSR count). The molecule has 0 aliphatic rings. The maximum Gasteiger partial charge on any atom is 0.254 e. The van der Waals surface area contributed by atoms with Crippen molar-refractivity contribution in [3.8, 4) is 0 Å². The molecule has 3 aromatic rings. The Kier molecular flexibility index (Phi) is 2.62. The molecule has 1 unspecified atom stereocenters. The van der Waals surface area contributed by atoms with Gasteiger partial charge < -0.3 is 9.88 Å². The molecule has 0 aromatic carbocycles. The lowest BCUT2D eigenvalue weighted by atomic mass is 10.3. The molecule has 8 nitrogen and oxygen atoms in total. The van der Waals surface area contributed by atoms with E-state index < -0.39 is 0 Å². The molecule has 0 aliphatic heterocycles. The first kappa shape index (κ1) is 11.6. The Balaban J connectivity index is 1.97. The molecule has 0 saturated carbocycles. The van der Waals surface area contributed by atoms with Crippen molar-refractivity contribution in [2.45, 2.75) is 19.9 Å². The summed E-state index contributed by atoms with van der Waals surface area (Å²) in [7, 11) is 1.91. The zero-order valence-corrected chi connectivity index (χ0v) is 10.9. The molecular formula is C11H14N8. The fourth-order valence-electron chi connectivity index (χ4n) is 2.00. The van der Waals surface area contributed by atoms with Crippen LogP contribution in [0.5, 0.6) is 0 Å². The summed E-state index contributed by atoms with van der Waals surface area (Å²) in [6, 6.07) is 1.93. The van der Waals surface area contributed by atoms with E-state index >= 15 is 0 Å². The summed E-state index contributed by atoms with van der Waals surface area (Å²) in [6.45, 7) is 3.94. The molecular weight excluding hydrogens is 244 g/mol. The summed E-state index contributed by atoms with van der Waals surface area (Å²) in [5.41, 5.74) is 0.883. The lowest BCUT2D eigenvalue weighted by Crippen LogP contribution is -2.15. The van der Waals surface area contributed by atoms with Crippen molar-refractivity contribution in [2.24, 2.45) is 7.05 Å². The number of nitrogens with one attached hydrogen (secondary N) is 1. The van der Waals surface area contributed by atoms with Crippen LogP contribution < -0.4 is 5.32 Å². The highest BCUT2D eigenvalue weighted by Crippen LogP contribution is 2.17. The van der Waals surface area contributed by atoms with Gasteiger partial charge in [-0.3, -0.25) is 0 Å². The number of nitrogens with zero attached hydrogens (tertiary/aromatic N) is 7. The number of aromatic nitrogens is 7. The Morgan fingerprint density at radius 1 is 1.37 bits per heavy atom. The normalized spacial score (nSPS) is 12.8. The summed E-state index contributed by atoms with van der Waals surface area (Å²) < 4.78 is 3.55. The average Bonchev–Trinajstić information content (AvgIpc) is 2.97. The molecule has 1 atom stereocenters. The first-order valence-electron chi connectivity index (χ1n) is 5.93. The number of hydrogen-bond donors (Lipinski definition) is 1. The van der Waals surface area contributed by atoms with E-state index in [2.05, 4.69) is 30.6 Å². The maximum absolute atomic E-state index is 4.30. The first-order valence-corrected chi connectivity index (χ1v) is 5.93. The van der Waals surface area contributed by atoms with Crippen LogP contribution in [0.3, 0.4) is 0 Å². The van der Waals surface area contributed by atoms with Gasteiger partial charge in [-0.25, -0.2) is 4.98 Å². The Morgan fingerprint density at radius 2 is 2.21 bits per heavy atom. The minimum absolute atomic E-state index is 0.00157. The molecule has 0 aliphatic carbocycles. The molecule has 0 radical (unpaired) electrons. The quantitative estimate of drug-likeness (QED) is 0.745. The smallest absolute Gasteiger partial charge is 0.254 e. The SMILES string of the molecule is Cc1cc(NC(C)c2nncn2C)n2ncnc2n1. The summed E-state index contributed by atoms with van der Waals surface area (Å²) in [6.07, 6.45) is 3.16. The molecule has 1 N–H and O–H groups in total. The zero-order valence-electron chi connectivity index (χ0n) is 10.9. The topological polar surface area (TPSA) is 85.8 Å². The van der Waals surface area contributed by atoms with Gasteiger partial charge in [-0.1, -0.05) is 0 Å². The molecule has 0 amide bonds. The van der Waals surface area contributed by atoms with E-state index in [1.807, 2.05) is 31.5 Å². The van der Waals surface area contributed by atoms with Gasteiger partial charge in [-0.05, 0) is 13.8 Å². The second-order valence-electron chi connectivity index (χ2n) is 4.42. The molecule has 0 spiro atoms. The fraction of sp³-hybridized carbons (Fsp3) is 0.364. The lowest BCUT2D eigenvalue weighted by Gasteiger charge is -2.15. The van der Waals surface area contributed by atoms with Gasteiger partial charge in [0.15, 0.2) is 5.82 Å². The summed E-state index contributed by atoms with van der Waals surface area (Å²) >= 11 is 0. The van der Waals surface area contributed by atoms with Crippen molar-refractivity contribution >= 4 is 11.6 Å². The van der Waals surface area contributed by atoms with Crippen LogP contribution in [0, 0.1) is 6.92 Å². The third-order valence-electron chi connectivity index (χ3n) is 2.88. The largest absolute Gasteiger partial charge is 0.360 e. The van der Waals surface area contributed by atoms with Gasteiger partial charge in [0.2, 0.25) is 0 Å². The Bertz CT molecular complexity index is 712. The van der Waals surface area contributed by atoms with E-state index in [9.17, 15) is 0 Å². The summed E-state index contributed by atoms with van der Waals surface area (Å²) in [5, 5.41) is 15.5. The molecule has 3 aromatic heterocycles. The van der Waals surface area contributed by atoms with Crippen molar-refractivity contribution in [1.29, 1.82) is 0 Å².